The van der Waals surface area contributed by atoms with E-state index in [2.05, 4.69) is 11.9 Å². The second kappa shape index (κ2) is 9.00. The van der Waals surface area contributed by atoms with E-state index in [-0.39, 0.29) is 0 Å². The van der Waals surface area contributed by atoms with Crippen molar-refractivity contribution in [1.82, 2.24) is 4.90 Å². The molecule has 1 saturated carbocycles. The second-order valence-corrected chi connectivity index (χ2v) is 4.59. The third-order valence-electron chi connectivity index (χ3n) is 3.59. The molecule has 3 atom stereocenters. The number of rotatable bonds is 0. The average molecular weight is 228 g/mol. The summed E-state index contributed by atoms with van der Waals surface area (Å²) in [6.07, 6.45) is 5.66. The van der Waals surface area contributed by atoms with Crippen molar-refractivity contribution in [1.29, 1.82) is 0 Å². The summed E-state index contributed by atoms with van der Waals surface area (Å²) >= 11 is 0. The summed E-state index contributed by atoms with van der Waals surface area (Å²) in [5.41, 5.74) is 6.14. The molecule has 0 radical (unpaired) electrons. The van der Waals surface area contributed by atoms with Gasteiger partial charge in [-0.2, -0.15) is 0 Å². The van der Waals surface area contributed by atoms with Crippen LogP contribution in [0.5, 0.6) is 0 Å². The van der Waals surface area contributed by atoms with Crippen LogP contribution in [0.25, 0.3) is 0 Å². The maximum atomic E-state index is 6.14. The van der Waals surface area contributed by atoms with Crippen LogP contribution in [0.4, 0.5) is 0 Å². The van der Waals surface area contributed by atoms with Crippen LogP contribution < -0.4 is 5.73 Å². The fourth-order valence-electron chi connectivity index (χ4n) is 3.00. The van der Waals surface area contributed by atoms with E-state index in [0.29, 0.717) is 6.04 Å². The molecule has 1 aliphatic heterocycles. The molecule has 2 heteroatoms. The topological polar surface area (TPSA) is 29.3 Å². The number of nitrogens with two attached hydrogens (primary N) is 1. The summed E-state index contributed by atoms with van der Waals surface area (Å²) in [6, 6.07) is 0.453. The van der Waals surface area contributed by atoms with E-state index in [4.69, 9.17) is 5.73 Å². The van der Waals surface area contributed by atoms with Gasteiger partial charge in [0, 0.05) is 19.1 Å². The Morgan fingerprint density at radius 1 is 0.938 bits per heavy atom. The second-order valence-electron chi connectivity index (χ2n) is 4.59. The highest BCUT2D eigenvalue weighted by atomic mass is 15.1. The molecular formula is C14H32N2. The third kappa shape index (κ3) is 4.42. The van der Waals surface area contributed by atoms with Gasteiger partial charge in [-0.05, 0) is 31.7 Å². The van der Waals surface area contributed by atoms with E-state index in [1.54, 1.807) is 0 Å². The number of likely N-dealkylation sites (N-methyl/N-ethyl adjacent to an activating group) is 1. The molecule has 3 unspecified atom stereocenters. The van der Waals surface area contributed by atoms with Crippen molar-refractivity contribution in [3.8, 4) is 0 Å². The molecule has 0 aromatic heterocycles. The Morgan fingerprint density at radius 2 is 1.50 bits per heavy atom. The van der Waals surface area contributed by atoms with Crippen molar-refractivity contribution < 1.29 is 0 Å². The van der Waals surface area contributed by atoms with E-state index >= 15 is 0 Å². The van der Waals surface area contributed by atoms with E-state index in [1.165, 1.54) is 32.2 Å². The standard InChI is InChI=1S/C10H20N2.2C2H6/c1-12-6-8-4-2-3-5-9(8)10(11)7-12;2*1-2/h8-10H,2-7,11H2,1H3;2*1-2H3. The number of fused-ring (bicyclic) bond motifs is 1. The molecule has 0 aromatic rings. The largest absolute Gasteiger partial charge is 0.326 e. The lowest BCUT2D eigenvalue weighted by Crippen LogP contribution is -2.52. The van der Waals surface area contributed by atoms with Crippen molar-refractivity contribution in [2.24, 2.45) is 17.6 Å². The molecule has 1 aliphatic carbocycles. The van der Waals surface area contributed by atoms with Gasteiger partial charge in [-0.25, -0.2) is 0 Å². The SMILES string of the molecule is CC.CC.CN1CC(N)C2CCCCC2C1. The average Bonchev–Trinajstić information content (AvgIpc) is 2.34. The summed E-state index contributed by atoms with van der Waals surface area (Å²) in [5, 5.41) is 0. The predicted molar refractivity (Wildman–Crippen MR) is 73.6 cm³/mol. The molecule has 2 nitrogen and oxygen atoms in total. The number of hydrogen-bond acceptors (Lipinski definition) is 2. The Bertz CT molecular complexity index is 159. The van der Waals surface area contributed by atoms with Gasteiger partial charge in [0.2, 0.25) is 0 Å². The van der Waals surface area contributed by atoms with Crippen LogP contribution in [0.3, 0.4) is 0 Å². The van der Waals surface area contributed by atoms with Gasteiger partial charge in [0.1, 0.15) is 0 Å². The Kier molecular flexibility index (Phi) is 8.96. The van der Waals surface area contributed by atoms with Crippen molar-refractivity contribution in [2.45, 2.75) is 59.4 Å². The molecule has 0 amide bonds. The molecule has 2 N–H and O–H groups in total. The van der Waals surface area contributed by atoms with Gasteiger partial charge in [-0.1, -0.05) is 40.5 Å². The van der Waals surface area contributed by atoms with Gasteiger partial charge in [0.15, 0.2) is 0 Å². The molecule has 2 fully saturated rings. The van der Waals surface area contributed by atoms with Gasteiger partial charge >= 0.3 is 0 Å². The van der Waals surface area contributed by atoms with Gasteiger partial charge in [0.05, 0.1) is 0 Å². The normalized spacial score (nSPS) is 33.8. The quantitative estimate of drug-likeness (QED) is 0.690. The first-order valence-electron chi connectivity index (χ1n) is 7.21. The van der Waals surface area contributed by atoms with E-state index < -0.39 is 0 Å². The zero-order valence-electron chi connectivity index (χ0n) is 12.0. The highest BCUT2D eigenvalue weighted by Gasteiger charge is 2.34. The number of piperidine rings is 1. The predicted octanol–water partition coefficient (Wildman–Crippen LogP) is 3.12. The summed E-state index contributed by atoms with van der Waals surface area (Å²) < 4.78 is 0. The first-order valence-corrected chi connectivity index (χ1v) is 7.21. The lowest BCUT2D eigenvalue weighted by molar-refractivity contribution is 0.0845. The van der Waals surface area contributed by atoms with Crippen molar-refractivity contribution in [3.63, 3.8) is 0 Å². The van der Waals surface area contributed by atoms with Gasteiger partial charge in [-0.3, -0.25) is 0 Å². The lowest BCUT2D eigenvalue weighted by Gasteiger charge is -2.43. The Hall–Kier alpha value is -0.0800. The van der Waals surface area contributed by atoms with Crippen LogP contribution in [-0.4, -0.2) is 31.1 Å². The van der Waals surface area contributed by atoms with Crippen LogP contribution >= 0.6 is 0 Å². The Labute approximate surface area is 103 Å². The third-order valence-corrected chi connectivity index (χ3v) is 3.59. The molecule has 1 saturated heterocycles. The van der Waals surface area contributed by atoms with E-state index in [0.717, 1.165) is 18.4 Å². The van der Waals surface area contributed by atoms with Crippen molar-refractivity contribution in [3.05, 3.63) is 0 Å². The number of nitrogens with zero attached hydrogens (tertiary/aromatic N) is 1. The number of likely N-dealkylation sites (tertiary alicyclic amines) is 1. The maximum Gasteiger partial charge on any atom is 0.0199 e. The molecule has 0 spiro atoms. The van der Waals surface area contributed by atoms with E-state index in [1.807, 2.05) is 27.7 Å². The van der Waals surface area contributed by atoms with Crippen LogP contribution in [0.2, 0.25) is 0 Å². The maximum absolute atomic E-state index is 6.14. The molecule has 0 aromatic carbocycles. The number of hydrogen-bond donors (Lipinski definition) is 1. The van der Waals surface area contributed by atoms with Crippen LogP contribution in [0, 0.1) is 11.8 Å². The molecule has 98 valence electrons. The van der Waals surface area contributed by atoms with Gasteiger partial charge < -0.3 is 10.6 Å². The molecular weight excluding hydrogens is 196 g/mol. The zero-order chi connectivity index (χ0) is 12.6. The molecule has 2 aliphatic rings. The molecule has 2 rings (SSSR count). The minimum Gasteiger partial charge on any atom is -0.326 e. The molecule has 1 heterocycles. The highest BCUT2D eigenvalue weighted by Crippen LogP contribution is 2.34. The minimum absolute atomic E-state index is 0.453. The Balaban J connectivity index is 0.000000509. The van der Waals surface area contributed by atoms with Crippen molar-refractivity contribution in [2.75, 3.05) is 20.1 Å². The fraction of sp³-hybridized carbons (Fsp3) is 1.00. The summed E-state index contributed by atoms with van der Waals surface area (Å²) in [5.74, 6) is 1.75. The van der Waals surface area contributed by atoms with Crippen LogP contribution in [0.1, 0.15) is 53.4 Å². The first-order chi connectivity index (χ1) is 7.77. The zero-order valence-corrected chi connectivity index (χ0v) is 12.0. The van der Waals surface area contributed by atoms with Crippen LogP contribution in [0.15, 0.2) is 0 Å². The van der Waals surface area contributed by atoms with E-state index in [9.17, 15) is 0 Å². The smallest absolute Gasteiger partial charge is 0.0199 e. The van der Waals surface area contributed by atoms with Gasteiger partial charge in [-0.15, -0.1) is 0 Å². The fourth-order valence-corrected chi connectivity index (χ4v) is 3.00. The lowest BCUT2D eigenvalue weighted by atomic mass is 9.73. The highest BCUT2D eigenvalue weighted by molar-refractivity contribution is 4.90. The summed E-state index contributed by atoms with van der Waals surface area (Å²) in [6.45, 7) is 10.4. The molecule has 16 heavy (non-hydrogen) atoms. The van der Waals surface area contributed by atoms with Crippen molar-refractivity contribution >= 4 is 0 Å². The van der Waals surface area contributed by atoms with Gasteiger partial charge in [0.25, 0.3) is 0 Å². The first kappa shape index (κ1) is 15.9. The molecule has 0 bridgehead atoms. The summed E-state index contributed by atoms with van der Waals surface area (Å²) in [4.78, 5) is 2.40. The monoisotopic (exact) mass is 228 g/mol. The Morgan fingerprint density at radius 3 is 2.12 bits per heavy atom. The van der Waals surface area contributed by atoms with Crippen LogP contribution in [-0.2, 0) is 0 Å². The summed E-state index contributed by atoms with van der Waals surface area (Å²) in [7, 11) is 2.20. The minimum atomic E-state index is 0.453.